The standard InChI is InChI=1S/C18H17ClN2O3S2/c19-13-4-3-5-15(12-13)26(22,23)21-10-8-14(9-11-21)24-18-20-16-6-1-2-7-17(16)25-18/h1-7,12,14H,8-11H2. The number of hydrogen-bond donors (Lipinski definition) is 0. The molecule has 0 unspecified atom stereocenters. The fraction of sp³-hybridized carbons (Fsp3) is 0.278. The van der Waals surface area contributed by atoms with Gasteiger partial charge in [-0.3, -0.25) is 0 Å². The second-order valence-electron chi connectivity index (χ2n) is 6.13. The lowest BCUT2D eigenvalue weighted by Crippen LogP contribution is -2.41. The summed E-state index contributed by atoms with van der Waals surface area (Å²) in [6.45, 7) is 0.842. The SMILES string of the molecule is O=S(=O)(c1cccc(Cl)c1)N1CCC(Oc2nc3ccccc3s2)CC1. The Kier molecular flexibility index (Phi) is 4.88. The van der Waals surface area contributed by atoms with Crippen molar-refractivity contribution in [1.82, 2.24) is 9.29 Å². The van der Waals surface area contributed by atoms with Crippen molar-refractivity contribution in [2.24, 2.45) is 0 Å². The number of para-hydroxylation sites is 1. The van der Waals surface area contributed by atoms with E-state index in [9.17, 15) is 8.42 Å². The molecule has 3 aromatic rings. The first-order valence-corrected chi connectivity index (χ1v) is 10.9. The summed E-state index contributed by atoms with van der Waals surface area (Å²) < 4.78 is 34.1. The summed E-state index contributed by atoms with van der Waals surface area (Å²) in [4.78, 5) is 4.71. The maximum Gasteiger partial charge on any atom is 0.274 e. The number of rotatable bonds is 4. The molecule has 0 N–H and O–H groups in total. The molecule has 0 amide bonds. The van der Waals surface area contributed by atoms with Crippen LogP contribution >= 0.6 is 22.9 Å². The second kappa shape index (κ2) is 7.15. The molecule has 2 heterocycles. The van der Waals surface area contributed by atoms with Crippen molar-refractivity contribution in [3.63, 3.8) is 0 Å². The predicted molar refractivity (Wildman–Crippen MR) is 103 cm³/mol. The molecular formula is C18H17ClN2O3S2. The minimum absolute atomic E-state index is 0.0265. The van der Waals surface area contributed by atoms with E-state index in [-0.39, 0.29) is 11.0 Å². The Labute approximate surface area is 161 Å². The molecule has 0 saturated carbocycles. The van der Waals surface area contributed by atoms with Crippen LogP contribution < -0.4 is 4.74 Å². The molecule has 0 bridgehead atoms. The van der Waals surface area contributed by atoms with Crippen LogP contribution in [-0.2, 0) is 10.0 Å². The van der Waals surface area contributed by atoms with Gasteiger partial charge in [-0.05, 0) is 43.2 Å². The van der Waals surface area contributed by atoms with E-state index < -0.39 is 10.0 Å². The molecule has 1 saturated heterocycles. The van der Waals surface area contributed by atoms with Crippen LogP contribution in [-0.4, -0.2) is 36.9 Å². The van der Waals surface area contributed by atoms with Gasteiger partial charge in [0.1, 0.15) is 6.10 Å². The van der Waals surface area contributed by atoms with E-state index in [1.807, 2.05) is 24.3 Å². The van der Waals surface area contributed by atoms with E-state index in [1.165, 1.54) is 21.7 Å². The lowest BCUT2D eigenvalue weighted by atomic mass is 10.1. The lowest BCUT2D eigenvalue weighted by molar-refractivity contribution is 0.135. The maximum absolute atomic E-state index is 12.7. The van der Waals surface area contributed by atoms with Crippen molar-refractivity contribution in [1.29, 1.82) is 0 Å². The van der Waals surface area contributed by atoms with Crippen LogP contribution in [0, 0.1) is 0 Å². The fourth-order valence-corrected chi connectivity index (χ4v) is 5.66. The zero-order chi connectivity index (χ0) is 18.1. The summed E-state index contributed by atoms with van der Waals surface area (Å²) in [5.41, 5.74) is 0.925. The van der Waals surface area contributed by atoms with Gasteiger partial charge in [-0.15, -0.1) is 0 Å². The van der Waals surface area contributed by atoms with Gasteiger partial charge in [0, 0.05) is 18.1 Å². The average Bonchev–Trinajstić information content (AvgIpc) is 3.04. The number of hydrogen-bond acceptors (Lipinski definition) is 5. The number of sulfonamides is 1. The maximum atomic E-state index is 12.7. The molecular weight excluding hydrogens is 392 g/mol. The van der Waals surface area contributed by atoms with Gasteiger partial charge in [0.25, 0.3) is 5.19 Å². The van der Waals surface area contributed by atoms with Gasteiger partial charge in [0.2, 0.25) is 10.0 Å². The summed E-state index contributed by atoms with van der Waals surface area (Å²) in [6.07, 6.45) is 1.24. The van der Waals surface area contributed by atoms with Crippen molar-refractivity contribution < 1.29 is 13.2 Å². The number of thiazole rings is 1. The summed E-state index contributed by atoms with van der Waals surface area (Å²) in [5, 5.41) is 1.06. The summed E-state index contributed by atoms with van der Waals surface area (Å²) >= 11 is 7.44. The minimum Gasteiger partial charge on any atom is -0.467 e. The highest BCUT2D eigenvalue weighted by molar-refractivity contribution is 7.89. The Morgan fingerprint density at radius 2 is 1.88 bits per heavy atom. The number of ether oxygens (including phenoxy) is 1. The van der Waals surface area contributed by atoms with Crippen LogP contribution in [0.15, 0.2) is 53.4 Å². The van der Waals surface area contributed by atoms with E-state index >= 15 is 0 Å². The van der Waals surface area contributed by atoms with E-state index in [0.29, 0.717) is 36.1 Å². The monoisotopic (exact) mass is 408 g/mol. The molecule has 1 fully saturated rings. The van der Waals surface area contributed by atoms with Gasteiger partial charge in [-0.25, -0.2) is 13.4 Å². The van der Waals surface area contributed by atoms with Crippen LogP contribution in [0.1, 0.15) is 12.8 Å². The van der Waals surface area contributed by atoms with Gasteiger partial charge in [-0.2, -0.15) is 4.31 Å². The van der Waals surface area contributed by atoms with Crippen LogP contribution in [0.3, 0.4) is 0 Å². The van der Waals surface area contributed by atoms with Crippen LogP contribution in [0.4, 0.5) is 0 Å². The second-order valence-corrected chi connectivity index (χ2v) is 9.49. The van der Waals surface area contributed by atoms with Crippen LogP contribution in [0.5, 0.6) is 5.19 Å². The number of benzene rings is 2. The van der Waals surface area contributed by atoms with Gasteiger partial charge in [0.05, 0.1) is 15.1 Å². The Morgan fingerprint density at radius 3 is 2.62 bits per heavy atom. The largest absolute Gasteiger partial charge is 0.467 e. The van der Waals surface area contributed by atoms with Gasteiger partial charge in [-0.1, -0.05) is 41.1 Å². The Hall–Kier alpha value is -1.67. The Balaban J connectivity index is 1.42. The van der Waals surface area contributed by atoms with E-state index in [4.69, 9.17) is 16.3 Å². The molecule has 4 rings (SSSR count). The molecule has 0 aliphatic carbocycles. The summed E-state index contributed by atoms with van der Waals surface area (Å²) in [6, 6.07) is 14.3. The lowest BCUT2D eigenvalue weighted by Gasteiger charge is -2.30. The van der Waals surface area contributed by atoms with Crippen LogP contribution in [0.2, 0.25) is 5.02 Å². The molecule has 1 aliphatic rings. The predicted octanol–water partition coefficient (Wildman–Crippen LogP) is 4.18. The van der Waals surface area contributed by atoms with Gasteiger partial charge in [0.15, 0.2) is 0 Å². The van der Waals surface area contributed by atoms with Crippen molar-refractivity contribution >= 4 is 43.2 Å². The summed E-state index contributed by atoms with van der Waals surface area (Å²) in [5.74, 6) is 0. The number of fused-ring (bicyclic) bond motifs is 1. The zero-order valence-corrected chi connectivity index (χ0v) is 16.2. The van der Waals surface area contributed by atoms with Crippen molar-refractivity contribution in [2.75, 3.05) is 13.1 Å². The van der Waals surface area contributed by atoms with Gasteiger partial charge >= 0.3 is 0 Å². The molecule has 8 heteroatoms. The topological polar surface area (TPSA) is 59.5 Å². The van der Waals surface area contributed by atoms with E-state index in [2.05, 4.69) is 4.98 Å². The highest BCUT2D eigenvalue weighted by atomic mass is 35.5. The third-order valence-electron chi connectivity index (χ3n) is 4.38. The smallest absolute Gasteiger partial charge is 0.274 e. The zero-order valence-electron chi connectivity index (χ0n) is 13.8. The normalized spacial score (nSPS) is 16.8. The molecule has 1 aromatic heterocycles. The summed E-state index contributed by atoms with van der Waals surface area (Å²) in [7, 11) is -3.52. The Morgan fingerprint density at radius 1 is 1.12 bits per heavy atom. The quantitative estimate of drug-likeness (QED) is 0.649. The molecule has 5 nitrogen and oxygen atoms in total. The highest BCUT2D eigenvalue weighted by Gasteiger charge is 2.30. The van der Waals surface area contributed by atoms with Crippen molar-refractivity contribution in [2.45, 2.75) is 23.8 Å². The third-order valence-corrected chi connectivity index (χ3v) is 7.43. The Bertz CT molecular complexity index is 995. The average molecular weight is 409 g/mol. The molecule has 26 heavy (non-hydrogen) atoms. The number of aromatic nitrogens is 1. The van der Waals surface area contributed by atoms with E-state index in [0.717, 1.165) is 10.2 Å². The van der Waals surface area contributed by atoms with Crippen molar-refractivity contribution in [3.8, 4) is 5.19 Å². The molecule has 136 valence electrons. The molecule has 0 spiro atoms. The first-order valence-electron chi connectivity index (χ1n) is 8.30. The first kappa shape index (κ1) is 17.7. The van der Waals surface area contributed by atoms with E-state index in [1.54, 1.807) is 18.2 Å². The number of halogens is 1. The highest BCUT2D eigenvalue weighted by Crippen LogP contribution is 2.30. The fourth-order valence-electron chi connectivity index (χ4n) is 3.01. The molecule has 0 radical (unpaired) electrons. The molecule has 1 aliphatic heterocycles. The number of nitrogens with zero attached hydrogens (tertiary/aromatic N) is 2. The third kappa shape index (κ3) is 3.57. The molecule has 0 atom stereocenters. The first-order chi connectivity index (χ1) is 12.5. The minimum atomic E-state index is -3.52. The number of piperidine rings is 1. The molecule has 2 aromatic carbocycles. The van der Waals surface area contributed by atoms with Crippen molar-refractivity contribution in [3.05, 3.63) is 53.6 Å². The van der Waals surface area contributed by atoms with Crippen LogP contribution in [0.25, 0.3) is 10.2 Å². The van der Waals surface area contributed by atoms with Gasteiger partial charge < -0.3 is 4.74 Å².